The van der Waals surface area contributed by atoms with Crippen LogP contribution in [0.1, 0.15) is 12.0 Å². The van der Waals surface area contributed by atoms with Gasteiger partial charge in [-0.15, -0.1) is 12.4 Å². The monoisotopic (exact) mass is 346 g/mol. The molecule has 0 amide bonds. The van der Waals surface area contributed by atoms with Gasteiger partial charge in [-0.2, -0.15) is 0 Å². The number of hydrogen-bond acceptors (Lipinski definition) is 3. The maximum Gasteiger partial charge on any atom is 0.215 e. The summed E-state index contributed by atoms with van der Waals surface area (Å²) in [5.41, 5.74) is 0.432. The van der Waals surface area contributed by atoms with Gasteiger partial charge in [-0.1, -0.05) is 29.3 Å². The minimum Gasteiger partial charge on any atom is -0.320 e. The van der Waals surface area contributed by atoms with Gasteiger partial charge in [-0.25, -0.2) is 13.1 Å². The smallest absolute Gasteiger partial charge is 0.215 e. The largest absolute Gasteiger partial charge is 0.320 e. The first kappa shape index (κ1) is 19.0. The van der Waals surface area contributed by atoms with Gasteiger partial charge in [0.05, 0.1) is 5.75 Å². The summed E-state index contributed by atoms with van der Waals surface area (Å²) >= 11 is 11.9. The molecule has 1 rings (SSSR count). The van der Waals surface area contributed by atoms with Crippen molar-refractivity contribution in [3.8, 4) is 0 Å². The number of rotatable bonds is 7. The Labute approximate surface area is 130 Å². The molecular formula is C11H17Cl3N2O2S. The molecule has 110 valence electrons. The Hall–Kier alpha value is -0.0400. The second kappa shape index (κ2) is 9.00. The molecule has 0 fully saturated rings. The molecule has 0 saturated carbocycles. The lowest BCUT2D eigenvalue weighted by Gasteiger charge is -2.09. The van der Waals surface area contributed by atoms with E-state index in [0.29, 0.717) is 22.2 Å². The maximum absolute atomic E-state index is 11.8. The predicted octanol–water partition coefficient (Wildman–Crippen LogP) is 2.44. The number of hydrogen-bond donors (Lipinski definition) is 2. The quantitative estimate of drug-likeness (QED) is 0.745. The van der Waals surface area contributed by atoms with Crippen LogP contribution in [0.25, 0.3) is 0 Å². The van der Waals surface area contributed by atoms with E-state index in [9.17, 15) is 8.42 Å². The van der Waals surface area contributed by atoms with Gasteiger partial charge in [0.25, 0.3) is 0 Å². The van der Waals surface area contributed by atoms with E-state index >= 15 is 0 Å². The summed E-state index contributed by atoms with van der Waals surface area (Å²) in [4.78, 5) is 0. The molecule has 0 aromatic heterocycles. The van der Waals surface area contributed by atoms with Crippen LogP contribution in [0.4, 0.5) is 0 Å². The first-order valence-electron chi connectivity index (χ1n) is 5.51. The number of sulfonamides is 1. The van der Waals surface area contributed by atoms with Crippen molar-refractivity contribution in [1.82, 2.24) is 10.0 Å². The first-order chi connectivity index (χ1) is 8.46. The second-order valence-electron chi connectivity index (χ2n) is 3.81. The predicted molar refractivity (Wildman–Crippen MR) is 82.9 cm³/mol. The van der Waals surface area contributed by atoms with Crippen LogP contribution in [0.5, 0.6) is 0 Å². The van der Waals surface area contributed by atoms with Gasteiger partial charge >= 0.3 is 0 Å². The zero-order chi connectivity index (χ0) is 13.6. The third-order valence-electron chi connectivity index (χ3n) is 2.32. The van der Waals surface area contributed by atoms with Crippen molar-refractivity contribution in [2.75, 3.05) is 20.1 Å². The number of benzene rings is 1. The highest BCUT2D eigenvalue weighted by molar-refractivity contribution is 7.88. The molecule has 0 atom stereocenters. The molecule has 0 unspecified atom stereocenters. The van der Waals surface area contributed by atoms with E-state index in [1.165, 1.54) is 0 Å². The highest BCUT2D eigenvalue weighted by Gasteiger charge is 2.15. The molecule has 0 aliphatic rings. The van der Waals surface area contributed by atoms with E-state index in [0.717, 1.165) is 13.0 Å². The minimum atomic E-state index is -3.41. The second-order valence-corrected chi connectivity index (χ2v) is 6.43. The third-order valence-corrected chi connectivity index (χ3v) is 4.34. The molecule has 0 saturated heterocycles. The number of nitrogens with one attached hydrogen (secondary N) is 2. The molecule has 1 aromatic rings. The molecule has 0 spiro atoms. The van der Waals surface area contributed by atoms with E-state index in [2.05, 4.69) is 10.0 Å². The molecular weight excluding hydrogens is 331 g/mol. The molecule has 8 heteroatoms. The summed E-state index contributed by atoms with van der Waals surface area (Å²) in [6, 6.07) is 4.93. The van der Waals surface area contributed by atoms with Crippen LogP contribution in [0.15, 0.2) is 18.2 Å². The van der Waals surface area contributed by atoms with Crippen LogP contribution in [-0.2, 0) is 15.8 Å². The standard InChI is InChI=1S/C11H16Cl2N2O2S.ClH/c1-14-6-3-7-15-18(16,17)8-9-10(12)4-2-5-11(9)13;/h2,4-5,14-15H,3,6-8H2,1H3;1H. The van der Waals surface area contributed by atoms with Crippen LogP contribution in [-0.4, -0.2) is 28.6 Å². The molecule has 0 aliphatic heterocycles. The van der Waals surface area contributed by atoms with Crippen molar-refractivity contribution in [2.45, 2.75) is 12.2 Å². The van der Waals surface area contributed by atoms with E-state index in [-0.39, 0.29) is 18.2 Å². The van der Waals surface area contributed by atoms with E-state index < -0.39 is 10.0 Å². The Morgan fingerprint density at radius 2 is 1.74 bits per heavy atom. The van der Waals surface area contributed by atoms with Crippen LogP contribution < -0.4 is 10.0 Å². The topological polar surface area (TPSA) is 58.2 Å². The fourth-order valence-electron chi connectivity index (χ4n) is 1.40. The van der Waals surface area contributed by atoms with Crippen molar-refractivity contribution in [2.24, 2.45) is 0 Å². The van der Waals surface area contributed by atoms with Crippen molar-refractivity contribution < 1.29 is 8.42 Å². The summed E-state index contributed by atoms with van der Waals surface area (Å²) in [5.74, 6) is -0.203. The van der Waals surface area contributed by atoms with E-state index in [1.54, 1.807) is 18.2 Å². The zero-order valence-electron chi connectivity index (χ0n) is 10.4. The molecule has 1 aromatic carbocycles. The zero-order valence-corrected chi connectivity index (χ0v) is 13.6. The normalized spacial score (nSPS) is 11.1. The summed E-state index contributed by atoms with van der Waals surface area (Å²) in [6.45, 7) is 1.15. The van der Waals surface area contributed by atoms with Crippen molar-refractivity contribution in [3.05, 3.63) is 33.8 Å². The Morgan fingerprint density at radius 3 is 2.26 bits per heavy atom. The van der Waals surface area contributed by atoms with Crippen LogP contribution in [0.2, 0.25) is 10.0 Å². The highest BCUT2D eigenvalue weighted by Crippen LogP contribution is 2.25. The fraction of sp³-hybridized carbons (Fsp3) is 0.455. The molecule has 0 aliphatic carbocycles. The Morgan fingerprint density at radius 1 is 1.16 bits per heavy atom. The highest BCUT2D eigenvalue weighted by atomic mass is 35.5. The average Bonchev–Trinajstić information content (AvgIpc) is 2.30. The molecule has 4 nitrogen and oxygen atoms in total. The van der Waals surface area contributed by atoms with Gasteiger partial charge in [-0.3, -0.25) is 0 Å². The molecule has 2 N–H and O–H groups in total. The Balaban J connectivity index is 0.00000324. The SMILES string of the molecule is CNCCCNS(=O)(=O)Cc1c(Cl)cccc1Cl.Cl. The summed E-state index contributed by atoms with van der Waals surface area (Å²) in [6.07, 6.45) is 0.728. The fourth-order valence-corrected chi connectivity index (χ4v) is 3.34. The molecule has 19 heavy (non-hydrogen) atoms. The molecule has 0 bridgehead atoms. The number of halogens is 3. The Bertz CT molecular complexity index is 474. The lowest BCUT2D eigenvalue weighted by Crippen LogP contribution is -2.28. The van der Waals surface area contributed by atoms with Crippen molar-refractivity contribution >= 4 is 45.6 Å². The lowest BCUT2D eigenvalue weighted by atomic mass is 10.2. The van der Waals surface area contributed by atoms with Gasteiger partial charge in [-0.05, 0) is 32.1 Å². The Kier molecular flexibility index (Phi) is 8.98. The van der Waals surface area contributed by atoms with Crippen molar-refractivity contribution in [3.63, 3.8) is 0 Å². The van der Waals surface area contributed by atoms with Gasteiger partial charge in [0.15, 0.2) is 0 Å². The van der Waals surface area contributed by atoms with Crippen molar-refractivity contribution in [1.29, 1.82) is 0 Å². The van der Waals surface area contributed by atoms with Crippen LogP contribution >= 0.6 is 35.6 Å². The molecule has 0 radical (unpaired) electrons. The van der Waals surface area contributed by atoms with Gasteiger partial charge in [0.2, 0.25) is 10.0 Å². The van der Waals surface area contributed by atoms with Crippen LogP contribution in [0, 0.1) is 0 Å². The third kappa shape index (κ3) is 6.79. The average molecular weight is 348 g/mol. The lowest BCUT2D eigenvalue weighted by molar-refractivity contribution is 0.576. The van der Waals surface area contributed by atoms with E-state index in [1.807, 2.05) is 7.05 Å². The van der Waals surface area contributed by atoms with Gasteiger partial charge < -0.3 is 5.32 Å². The minimum absolute atomic E-state index is 0. The van der Waals surface area contributed by atoms with E-state index in [4.69, 9.17) is 23.2 Å². The summed E-state index contributed by atoms with van der Waals surface area (Å²) in [5, 5.41) is 3.67. The first-order valence-corrected chi connectivity index (χ1v) is 7.92. The van der Waals surface area contributed by atoms with Gasteiger partial charge in [0.1, 0.15) is 0 Å². The molecule has 0 heterocycles. The maximum atomic E-state index is 11.8. The van der Waals surface area contributed by atoms with Crippen LogP contribution in [0.3, 0.4) is 0 Å². The summed E-state index contributed by atoms with van der Waals surface area (Å²) in [7, 11) is -1.59. The van der Waals surface area contributed by atoms with Gasteiger partial charge in [0, 0.05) is 22.2 Å². The summed E-state index contributed by atoms with van der Waals surface area (Å²) < 4.78 is 26.1.